The van der Waals surface area contributed by atoms with Gasteiger partial charge >= 0.3 is 23.9 Å². The van der Waals surface area contributed by atoms with Crippen LogP contribution in [0.25, 0.3) is 0 Å². The molecule has 0 aromatic heterocycles. The number of rotatable bonds is 6. The highest BCUT2D eigenvalue weighted by Gasteiger charge is 2.62. The van der Waals surface area contributed by atoms with Gasteiger partial charge in [-0.2, -0.15) is 0 Å². The van der Waals surface area contributed by atoms with E-state index in [1.165, 1.54) is 5.94 Å². The summed E-state index contributed by atoms with van der Waals surface area (Å²) in [4.78, 5) is 56.2. The Labute approximate surface area is 143 Å². The van der Waals surface area contributed by atoms with Gasteiger partial charge in [-0.25, -0.2) is 4.79 Å². The topological polar surface area (TPSA) is 132 Å². The quantitative estimate of drug-likeness (QED) is 0.357. The summed E-state index contributed by atoms with van der Waals surface area (Å²) in [7, 11) is 0. The molecule has 4 atom stereocenters. The van der Waals surface area contributed by atoms with E-state index in [1.54, 1.807) is 0 Å². The first-order valence-corrected chi connectivity index (χ1v) is 7.19. The Balaban J connectivity index is 3.38. The minimum Gasteiger partial charge on any atom is -0.452 e. The van der Waals surface area contributed by atoms with E-state index in [0.29, 0.717) is 0 Å². The molecule has 1 aliphatic rings. The molecule has 10 heteroatoms. The Morgan fingerprint density at radius 1 is 0.960 bits per heavy atom. The van der Waals surface area contributed by atoms with Gasteiger partial charge in [0.05, 0.1) is 0 Å². The molecule has 1 rings (SSSR count). The molecule has 0 spiro atoms. The average molecular weight is 358 g/mol. The van der Waals surface area contributed by atoms with E-state index < -0.39 is 48.2 Å². The van der Waals surface area contributed by atoms with E-state index in [9.17, 15) is 24.0 Å². The zero-order valence-electron chi connectivity index (χ0n) is 14.1. The monoisotopic (exact) mass is 358 g/mol. The van der Waals surface area contributed by atoms with Gasteiger partial charge in [0, 0.05) is 40.2 Å². The molecule has 1 heterocycles. The van der Waals surface area contributed by atoms with Gasteiger partial charge < -0.3 is 18.9 Å². The van der Waals surface area contributed by atoms with E-state index in [4.69, 9.17) is 23.7 Å². The Hall–Kier alpha value is -2.71. The fourth-order valence-electron chi connectivity index (χ4n) is 2.34. The third-order valence-electron chi connectivity index (χ3n) is 2.98. The minimum absolute atomic E-state index is 0.385. The molecule has 0 amide bonds. The molecule has 2 unspecified atom stereocenters. The fourth-order valence-corrected chi connectivity index (χ4v) is 2.34. The van der Waals surface area contributed by atoms with Crippen LogP contribution in [0.2, 0.25) is 0 Å². The molecule has 10 nitrogen and oxygen atoms in total. The number of hydrogen-bond donors (Lipinski definition) is 0. The van der Waals surface area contributed by atoms with Gasteiger partial charge in [0.2, 0.25) is 18.5 Å². The van der Waals surface area contributed by atoms with Crippen LogP contribution in [-0.2, 0) is 47.7 Å². The summed E-state index contributed by atoms with van der Waals surface area (Å²) in [5, 5.41) is 0. The molecular weight excluding hydrogens is 340 g/mol. The van der Waals surface area contributed by atoms with Crippen molar-refractivity contribution in [1.29, 1.82) is 0 Å². The van der Waals surface area contributed by atoms with Crippen LogP contribution in [0.1, 0.15) is 34.1 Å². The van der Waals surface area contributed by atoms with E-state index in [1.807, 2.05) is 0 Å². The van der Waals surface area contributed by atoms with E-state index in [0.717, 1.165) is 33.8 Å². The Morgan fingerprint density at radius 3 is 1.96 bits per heavy atom. The lowest BCUT2D eigenvalue weighted by molar-refractivity contribution is -0.274. The van der Waals surface area contributed by atoms with Crippen molar-refractivity contribution in [2.75, 3.05) is 0 Å². The summed E-state index contributed by atoms with van der Waals surface area (Å²) in [6.45, 7) is 4.28. The number of ether oxygens (including phenoxy) is 5. The molecule has 0 aliphatic carbocycles. The standard InChI is InChI=1S/C15H18O10/c1-8(17)21-12-13(22-9(2)18)15(6-5-7-16,24-11(4)20)25-14(12)23-10(3)19/h5,12-14H,6H2,1-4H3/t12?,13?,14-,15-/m1/s1. The van der Waals surface area contributed by atoms with Crippen molar-refractivity contribution in [2.45, 2.75) is 58.4 Å². The highest BCUT2D eigenvalue weighted by molar-refractivity contribution is 5.69. The maximum Gasteiger partial charge on any atom is 0.305 e. The van der Waals surface area contributed by atoms with Gasteiger partial charge in [-0.3, -0.25) is 23.9 Å². The first kappa shape index (κ1) is 20.3. The molecule has 138 valence electrons. The summed E-state index contributed by atoms with van der Waals surface area (Å²) >= 11 is 0. The summed E-state index contributed by atoms with van der Waals surface area (Å²) in [6.07, 6.45) is -3.87. The van der Waals surface area contributed by atoms with Crippen molar-refractivity contribution < 1.29 is 47.7 Å². The minimum atomic E-state index is -2.03. The van der Waals surface area contributed by atoms with Gasteiger partial charge in [0.1, 0.15) is 5.94 Å². The second-order valence-corrected chi connectivity index (χ2v) is 5.13. The summed E-state index contributed by atoms with van der Waals surface area (Å²) in [5.41, 5.74) is 0. The van der Waals surface area contributed by atoms with Crippen LogP contribution in [0.5, 0.6) is 0 Å². The number of carbonyl (C=O) groups is 4. The van der Waals surface area contributed by atoms with Crippen molar-refractivity contribution >= 4 is 29.8 Å². The van der Waals surface area contributed by atoms with Crippen LogP contribution in [0.15, 0.2) is 6.08 Å². The average Bonchev–Trinajstić information content (AvgIpc) is 2.69. The van der Waals surface area contributed by atoms with Crippen molar-refractivity contribution in [3.8, 4) is 0 Å². The predicted molar refractivity (Wildman–Crippen MR) is 77.1 cm³/mol. The molecule has 0 radical (unpaired) electrons. The number of carbonyl (C=O) groups excluding carboxylic acids is 5. The van der Waals surface area contributed by atoms with Gasteiger partial charge in [0.25, 0.3) is 5.79 Å². The van der Waals surface area contributed by atoms with Crippen LogP contribution in [0.4, 0.5) is 0 Å². The molecule has 0 bridgehead atoms. The molecule has 1 fully saturated rings. The first-order chi connectivity index (χ1) is 11.6. The largest absolute Gasteiger partial charge is 0.452 e. The SMILES string of the molecule is CC(=O)OC1C(OC(C)=O)[C@](CC=C=O)(OC(C)=O)O[C@H]1OC(C)=O. The Bertz CT molecular complexity index is 599. The van der Waals surface area contributed by atoms with Gasteiger partial charge in [0.15, 0.2) is 0 Å². The van der Waals surface area contributed by atoms with Gasteiger partial charge in [-0.15, -0.1) is 0 Å². The summed E-state index contributed by atoms with van der Waals surface area (Å²) in [6, 6.07) is 0. The fraction of sp³-hybridized carbons (Fsp3) is 0.600. The number of esters is 4. The molecule has 1 saturated heterocycles. The van der Waals surface area contributed by atoms with Gasteiger partial charge in [-0.05, 0) is 0 Å². The summed E-state index contributed by atoms with van der Waals surface area (Å²) in [5.74, 6) is -3.76. The van der Waals surface area contributed by atoms with Crippen molar-refractivity contribution in [2.24, 2.45) is 0 Å². The highest BCUT2D eigenvalue weighted by atomic mass is 16.8. The van der Waals surface area contributed by atoms with Crippen LogP contribution in [0.3, 0.4) is 0 Å². The lowest BCUT2D eigenvalue weighted by atomic mass is 10.0. The molecule has 25 heavy (non-hydrogen) atoms. The molecule has 0 aromatic carbocycles. The normalized spacial score (nSPS) is 27.6. The first-order valence-electron chi connectivity index (χ1n) is 7.19. The molecular formula is C15H18O10. The highest BCUT2D eigenvalue weighted by Crippen LogP contribution is 2.40. The second kappa shape index (κ2) is 8.41. The maximum absolute atomic E-state index is 11.5. The van der Waals surface area contributed by atoms with E-state index >= 15 is 0 Å². The van der Waals surface area contributed by atoms with Crippen LogP contribution in [0, 0.1) is 0 Å². The smallest absolute Gasteiger partial charge is 0.305 e. The zero-order chi connectivity index (χ0) is 19.2. The van der Waals surface area contributed by atoms with Crippen LogP contribution < -0.4 is 0 Å². The lowest BCUT2D eigenvalue weighted by Crippen LogP contribution is -2.49. The zero-order valence-corrected chi connectivity index (χ0v) is 14.1. The van der Waals surface area contributed by atoms with Gasteiger partial charge in [-0.1, -0.05) is 0 Å². The Morgan fingerprint density at radius 2 is 1.52 bits per heavy atom. The van der Waals surface area contributed by atoms with Crippen LogP contribution in [-0.4, -0.2) is 54.1 Å². The second-order valence-electron chi connectivity index (χ2n) is 5.13. The molecule has 1 aliphatic heterocycles. The van der Waals surface area contributed by atoms with Crippen molar-refractivity contribution in [3.63, 3.8) is 0 Å². The van der Waals surface area contributed by atoms with Crippen LogP contribution >= 0.6 is 0 Å². The summed E-state index contributed by atoms with van der Waals surface area (Å²) < 4.78 is 25.6. The van der Waals surface area contributed by atoms with E-state index in [2.05, 4.69) is 0 Å². The lowest BCUT2D eigenvalue weighted by Gasteiger charge is -2.31. The van der Waals surface area contributed by atoms with Crippen molar-refractivity contribution in [1.82, 2.24) is 0 Å². The third kappa shape index (κ3) is 5.40. The number of hydrogen-bond acceptors (Lipinski definition) is 10. The van der Waals surface area contributed by atoms with Crippen molar-refractivity contribution in [3.05, 3.63) is 6.08 Å². The third-order valence-corrected chi connectivity index (χ3v) is 2.98. The maximum atomic E-state index is 11.5. The molecule has 0 saturated carbocycles. The van der Waals surface area contributed by atoms with E-state index in [-0.39, 0.29) is 6.42 Å². The Kier molecular flexibility index (Phi) is 6.84. The predicted octanol–water partition coefficient (Wildman–Crippen LogP) is -0.194. The molecule has 0 aromatic rings. The molecule has 0 N–H and O–H groups in total.